The Labute approximate surface area is 124 Å². The van der Waals surface area contributed by atoms with Crippen LogP contribution in [0.2, 0.25) is 0 Å². The molecule has 0 radical (unpaired) electrons. The smallest absolute Gasteiger partial charge is 0.119 e. The van der Waals surface area contributed by atoms with Crippen LogP contribution in [0, 0.1) is 5.92 Å². The average molecular weight is 277 g/mol. The average Bonchev–Trinajstić information content (AvgIpc) is 2.40. The highest BCUT2D eigenvalue weighted by molar-refractivity contribution is 5.29. The lowest BCUT2D eigenvalue weighted by molar-refractivity contribution is 0.193. The molecule has 0 aliphatic rings. The summed E-state index contributed by atoms with van der Waals surface area (Å²) in [5.41, 5.74) is 1.35. The van der Waals surface area contributed by atoms with Crippen molar-refractivity contribution >= 4 is 0 Å². The lowest BCUT2D eigenvalue weighted by Crippen LogP contribution is -2.21. The van der Waals surface area contributed by atoms with Gasteiger partial charge in [-0.15, -0.1) is 0 Å². The predicted octanol–water partition coefficient (Wildman–Crippen LogP) is 4.95. The van der Waals surface area contributed by atoms with Gasteiger partial charge in [0.2, 0.25) is 0 Å². The van der Waals surface area contributed by atoms with Crippen molar-refractivity contribution < 1.29 is 4.74 Å². The third-order valence-electron chi connectivity index (χ3n) is 3.47. The summed E-state index contributed by atoms with van der Waals surface area (Å²) < 4.78 is 5.95. The van der Waals surface area contributed by atoms with Crippen molar-refractivity contribution in [2.24, 2.45) is 5.92 Å². The summed E-state index contributed by atoms with van der Waals surface area (Å²) in [6, 6.07) is 9.03. The molecule has 0 bridgehead atoms. The molecule has 0 saturated carbocycles. The molecule has 1 aromatic carbocycles. The van der Waals surface area contributed by atoms with Gasteiger partial charge < -0.3 is 10.1 Å². The van der Waals surface area contributed by atoms with Crippen LogP contribution in [-0.2, 0) is 0 Å². The van der Waals surface area contributed by atoms with Crippen LogP contribution in [0.1, 0.15) is 65.5 Å². The fraction of sp³-hybridized carbons (Fsp3) is 0.667. The van der Waals surface area contributed by atoms with Crippen molar-refractivity contribution in [1.82, 2.24) is 5.32 Å². The summed E-state index contributed by atoms with van der Waals surface area (Å²) in [5, 5.41) is 3.58. The first-order valence-electron chi connectivity index (χ1n) is 8.06. The summed E-state index contributed by atoms with van der Waals surface area (Å²) in [6.07, 6.45) is 3.66. The number of ether oxygens (including phenoxy) is 1. The third kappa shape index (κ3) is 5.96. The molecule has 0 fully saturated rings. The molecule has 0 aromatic heterocycles. The normalized spacial score (nSPS) is 14.3. The summed E-state index contributed by atoms with van der Waals surface area (Å²) >= 11 is 0. The van der Waals surface area contributed by atoms with Crippen LogP contribution in [0.15, 0.2) is 24.3 Å². The highest BCUT2D eigenvalue weighted by Gasteiger charge is 2.10. The van der Waals surface area contributed by atoms with Crippen LogP contribution in [-0.4, -0.2) is 12.6 Å². The first-order valence-corrected chi connectivity index (χ1v) is 8.06. The van der Waals surface area contributed by atoms with Gasteiger partial charge in [-0.2, -0.15) is 0 Å². The zero-order chi connectivity index (χ0) is 15.0. The molecule has 114 valence electrons. The number of rotatable bonds is 9. The van der Waals surface area contributed by atoms with Crippen LogP contribution in [0.3, 0.4) is 0 Å². The lowest BCUT2D eigenvalue weighted by atomic mass is 10.0. The number of benzene rings is 1. The molecule has 2 atom stereocenters. The molecule has 0 aliphatic carbocycles. The quantitative estimate of drug-likeness (QED) is 0.689. The van der Waals surface area contributed by atoms with Crippen LogP contribution in [0.4, 0.5) is 0 Å². The molecule has 0 spiro atoms. The second-order valence-corrected chi connectivity index (χ2v) is 6.04. The van der Waals surface area contributed by atoms with Gasteiger partial charge in [0.25, 0.3) is 0 Å². The van der Waals surface area contributed by atoms with Crippen LogP contribution >= 0.6 is 0 Å². The Morgan fingerprint density at radius 3 is 2.20 bits per heavy atom. The molecule has 1 aromatic rings. The third-order valence-corrected chi connectivity index (χ3v) is 3.47. The van der Waals surface area contributed by atoms with Gasteiger partial charge in [-0.3, -0.25) is 0 Å². The zero-order valence-corrected chi connectivity index (χ0v) is 13.8. The maximum absolute atomic E-state index is 5.95. The molecule has 20 heavy (non-hydrogen) atoms. The summed E-state index contributed by atoms with van der Waals surface area (Å²) in [5.74, 6) is 1.65. The molecular weight excluding hydrogens is 246 g/mol. The Morgan fingerprint density at radius 1 is 1.05 bits per heavy atom. The van der Waals surface area contributed by atoms with Gasteiger partial charge in [0.1, 0.15) is 5.75 Å². The van der Waals surface area contributed by atoms with Crippen molar-refractivity contribution in [1.29, 1.82) is 0 Å². The second-order valence-electron chi connectivity index (χ2n) is 6.04. The topological polar surface area (TPSA) is 21.3 Å². The van der Waals surface area contributed by atoms with Gasteiger partial charge >= 0.3 is 0 Å². The molecule has 0 amide bonds. The SMILES string of the molecule is CCCNC(CC)c1ccc(OC(C)CC(C)C)cc1. The van der Waals surface area contributed by atoms with Gasteiger partial charge in [0.05, 0.1) is 6.10 Å². The highest BCUT2D eigenvalue weighted by atomic mass is 16.5. The van der Waals surface area contributed by atoms with Gasteiger partial charge in [-0.1, -0.05) is 39.8 Å². The maximum Gasteiger partial charge on any atom is 0.119 e. The maximum atomic E-state index is 5.95. The van der Waals surface area contributed by atoms with Crippen molar-refractivity contribution in [2.45, 2.75) is 66.0 Å². The second kappa shape index (κ2) is 9.02. The lowest BCUT2D eigenvalue weighted by Gasteiger charge is -2.19. The Morgan fingerprint density at radius 2 is 1.70 bits per heavy atom. The summed E-state index contributed by atoms with van der Waals surface area (Å²) in [6.45, 7) is 12.1. The minimum Gasteiger partial charge on any atom is -0.491 e. The fourth-order valence-electron chi connectivity index (χ4n) is 2.54. The predicted molar refractivity (Wildman–Crippen MR) is 87.3 cm³/mol. The van der Waals surface area contributed by atoms with E-state index in [4.69, 9.17) is 4.74 Å². The number of nitrogens with one attached hydrogen (secondary N) is 1. The van der Waals surface area contributed by atoms with E-state index in [1.165, 1.54) is 12.0 Å². The number of hydrogen-bond donors (Lipinski definition) is 1. The van der Waals surface area contributed by atoms with E-state index in [9.17, 15) is 0 Å². The van der Waals surface area contributed by atoms with E-state index in [2.05, 4.69) is 64.2 Å². The fourth-order valence-corrected chi connectivity index (χ4v) is 2.54. The summed E-state index contributed by atoms with van der Waals surface area (Å²) in [4.78, 5) is 0. The molecule has 1 rings (SSSR count). The molecule has 0 aliphatic heterocycles. The van der Waals surface area contributed by atoms with Crippen molar-refractivity contribution in [3.05, 3.63) is 29.8 Å². The Bertz CT molecular complexity index is 358. The molecule has 2 nitrogen and oxygen atoms in total. The van der Waals surface area contributed by atoms with Gasteiger partial charge in [-0.05, 0) is 56.3 Å². The van der Waals surface area contributed by atoms with E-state index >= 15 is 0 Å². The van der Waals surface area contributed by atoms with Gasteiger partial charge in [0, 0.05) is 6.04 Å². The molecule has 0 saturated heterocycles. The van der Waals surface area contributed by atoms with Gasteiger partial charge in [-0.25, -0.2) is 0 Å². The van der Waals surface area contributed by atoms with E-state index in [0.717, 1.165) is 25.1 Å². The summed E-state index contributed by atoms with van der Waals surface area (Å²) in [7, 11) is 0. The minimum absolute atomic E-state index is 0.279. The van der Waals surface area contributed by atoms with Gasteiger partial charge in [0.15, 0.2) is 0 Å². The number of hydrogen-bond acceptors (Lipinski definition) is 2. The molecule has 1 N–H and O–H groups in total. The highest BCUT2D eigenvalue weighted by Crippen LogP contribution is 2.22. The van der Waals surface area contributed by atoms with Crippen LogP contribution < -0.4 is 10.1 Å². The van der Waals surface area contributed by atoms with E-state index in [1.54, 1.807) is 0 Å². The Kier molecular flexibility index (Phi) is 7.68. The molecule has 2 unspecified atom stereocenters. The zero-order valence-electron chi connectivity index (χ0n) is 13.8. The largest absolute Gasteiger partial charge is 0.491 e. The van der Waals surface area contributed by atoms with Crippen molar-refractivity contribution in [3.63, 3.8) is 0 Å². The van der Waals surface area contributed by atoms with Crippen LogP contribution in [0.5, 0.6) is 5.75 Å². The van der Waals surface area contributed by atoms with Crippen LogP contribution in [0.25, 0.3) is 0 Å². The van der Waals surface area contributed by atoms with Crippen molar-refractivity contribution in [3.8, 4) is 5.75 Å². The minimum atomic E-state index is 0.279. The molecular formula is C18H31NO. The first kappa shape index (κ1) is 17.0. The molecule has 0 heterocycles. The standard InChI is InChI=1S/C18H31NO/c1-6-12-19-18(7-2)16-8-10-17(11-9-16)20-15(5)13-14(3)4/h8-11,14-15,18-19H,6-7,12-13H2,1-5H3. The Hall–Kier alpha value is -1.02. The van der Waals surface area contributed by atoms with E-state index < -0.39 is 0 Å². The first-order chi connectivity index (χ1) is 9.56. The van der Waals surface area contributed by atoms with E-state index in [1.807, 2.05) is 0 Å². The monoisotopic (exact) mass is 277 g/mol. The van der Waals surface area contributed by atoms with E-state index in [-0.39, 0.29) is 6.10 Å². The Balaban J connectivity index is 2.58. The van der Waals surface area contributed by atoms with Crippen molar-refractivity contribution in [2.75, 3.05) is 6.54 Å². The molecule has 2 heteroatoms. The van der Waals surface area contributed by atoms with E-state index in [0.29, 0.717) is 12.0 Å².